The Hall–Kier alpha value is -4.96. The molecule has 3 aliphatic rings. The van der Waals surface area contributed by atoms with Crippen LogP contribution in [0.2, 0.25) is 0 Å². The second-order valence-corrected chi connectivity index (χ2v) is 13.0. The maximum atomic E-state index is 6.63. The lowest BCUT2D eigenvalue weighted by Gasteiger charge is -2.34. The van der Waals surface area contributed by atoms with Crippen LogP contribution in [0.25, 0.3) is 71.9 Å². The summed E-state index contributed by atoms with van der Waals surface area (Å²) in [6, 6.07) is 36.1. The van der Waals surface area contributed by atoms with Gasteiger partial charge in [-0.2, -0.15) is 0 Å². The van der Waals surface area contributed by atoms with Crippen LogP contribution in [0.1, 0.15) is 30.5 Å². The number of hydrogen-bond acceptors (Lipinski definition) is 1. The van der Waals surface area contributed by atoms with Gasteiger partial charge in [0.05, 0.1) is 16.7 Å². The molecule has 42 heavy (non-hydrogen) atoms. The summed E-state index contributed by atoms with van der Waals surface area (Å²) in [5.41, 5.74) is 19.2. The molecule has 0 atom stereocenters. The van der Waals surface area contributed by atoms with Crippen LogP contribution < -0.4 is 10.9 Å². The van der Waals surface area contributed by atoms with Crippen molar-refractivity contribution in [2.75, 3.05) is 0 Å². The molecule has 0 saturated carbocycles. The third kappa shape index (κ3) is 2.16. The Morgan fingerprint density at radius 3 is 2.38 bits per heavy atom. The summed E-state index contributed by atoms with van der Waals surface area (Å²) in [6.45, 7) is 7.10. The van der Waals surface area contributed by atoms with Gasteiger partial charge in [-0.3, -0.25) is 0 Å². The van der Waals surface area contributed by atoms with E-state index in [4.69, 9.17) is 4.42 Å². The molecule has 0 radical (unpaired) electrons. The van der Waals surface area contributed by atoms with E-state index in [0.717, 1.165) is 11.2 Å². The molecule has 5 heterocycles. The average molecular weight is 536 g/mol. The molecule has 196 valence electrons. The van der Waals surface area contributed by atoms with Gasteiger partial charge in [0, 0.05) is 43.9 Å². The largest absolute Gasteiger partial charge is 0.454 e. The van der Waals surface area contributed by atoms with Crippen molar-refractivity contribution >= 4 is 61.6 Å². The van der Waals surface area contributed by atoms with Crippen molar-refractivity contribution in [2.24, 2.45) is 0 Å². The fraction of sp³-hybridized carbons (Fsp3) is 0.105. The summed E-state index contributed by atoms with van der Waals surface area (Å²) in [7, 11) is 0. The maximum absolute atomic E-state index is 6.63. The number of fused-ring (bicyclic) bond motifs is 14. The molecule has 11 rings (SSSR count). The van der Waals surface area contributed by atoms with E-state index >= 15 is 0 Å². The lowest BCUT2D eigenvalue weighted by atomic mass is 9.45. The molecule has 0 amide bonds. The zero-order valence-corrected chi connectivity index (χ0v) is 23.6. The smallest absolute Gasteiger partial charge is 0.333 e. The van der Waals surface area contributed by atoms with Gasteiger partial charge in [-0.1, -0.05) is 86.6 Å². The quantitative estimate of drug-likeness (QED) is 0.180. The summed E-state index contributed by atoms with van der Waals surface area (Å²) in [6.07, 6.45) is 0. The second-order valence-electron chi connectivity index (χ2n) is 13.0. The number of nitrogens with zero attached hydrogens (tertiary/aromatic N) is 2. The number of furan rings is 1. The minimum Gasteiger partial charge on any atom is -0.454 e. The van der Waals surface area contributed by atoms with Crippen LogP contribution in [-0.4, -0.2) is 15.9 Å². The van der Waals surface area contributed by atoms with E-state index in [1.165, 1.54) is 88.4 Å². The van der Waals surface area contributed by atoms with Crippen LogP contribution in [0.5, 0.6) is 0 Å². The first-order chi connectivity index (χ1) is 20.5. The molecule has 5 aromatic carbocycles. The molecular weight excluding hydrogens is 511 g/mol. The van der Waals surface area contributed by atoms with Gasteiger partial charge in [0.15, 0.2) is 5.58 Å². The SMILES string of the molecule is Cc1cc2c3c(c1)-n1c4c(c5cccc(c51)B3n1c3c-2cccc3c2oc3ccccc3c21)C(C)(C)c1ccccc1-4. The van der Waals surface area contributed by atoms with E-state index in [9.17, 15) is 0 Å². The number of rotatable bonds is 0. The summed E-state index contributed by atoms with van der Waals surface area (Å²) in [5.74, 6) is 0. The van der Waals surface area contributed by atoms with Crippen LogP contribution in [0.4, 0.5) is 0 Å². The average Bonchev–Trinajstić information content (AvgIpc) is 3.71. The van der Waals surface area contributed by atoms with Gasteiger partial charge < -0.3 is 13.5 Å². The number of aryl methyl sites for hydroxylation is 1. The lowest BCUT2D eigenvalue weighted by Crippen LogP contribution is -2.55. The Balaban J connectivity index is 1.41. The summed E-state index contributed by atoms with van der Waals surface area (Å²) in [5, 5.41) is 3.74. The Labute approximate surface area is 242 Å². The fourth-order valence-corrected chi connectivity index (χ4v) is 9.01. The van der Waals surface area contributed by atoms with Crippen molar-refractivity contribution in [3.8, 4) is 28.1 Å². The van der Waals surface area contributed by atoms with E-state index in [1.54, 1.807) is 0 Å². The Morgan fingerprint density at radius 1 is 0.690 bits per heavy atom. The van der Waals surface area contributed by atoms with Gasteiger partial charge in [0.2, 0.25) is 0 Å². The highest BCUT2D eigenvalue weighted by Crippen LogP contribution is 2.54. The van der Waals surface area contributed by atoms with E-state index in [0.29, 0.717) is 0 Å². The fourth-order valence-electron chi connectivity index (χ4n) is 9.01. The zero-order chi connectivity index (χ0) is 27.6. The normalized spacial score (nSPS) is 15.2. The molecule has 0 N–H and O–H groups in total. The highest BCUT2D eigenvalue weighted by molar-refractivity contribution is 6.90. The Morgan fingerprint density at radius 2 is 1.45 bits per heavy atom. The molecule has 3 nitrogen and oxygen atoms in total. The molecule has 0 fully saturated rings. The monoisotopic (exact) mass is 536 g/mol. The third-order valence-electron chi connectivity index (χ3n) is 10.5. The maximum Gasteiger partial charge on any atom is 0.333 e. The first-order valence-electron chi connectivity index (χ1n) is 14.9. The van der Waals surface area contributed by atoms with Crippen LogP contribution in [-0.2, 0) is 5.41 Å². The minimum absolute atomic E-state index is 0.0519. The summed E-state index contributed by atoms with van der Waals surface area (Å²) in [4.78, 5) is 0. The van der Waals surface area contributed by atoms with Crippen molar-refractivity contribution in [3.05, 3.63) is 114 Å². The number of benzene rings is 5. The summed E-state index contributed by atoms with van der Waals surface area (Å²) < 4.78 is 11.9. The van der Waals surface area contributed by atoms with Crippen molar-refractivity contribution in [1.29, 1.82) is 0 Å². The van der Waals surface area contributed by atoms with Gasteiger partial charge in [0.25, 0.3) is 0 Å². The van der Waals surface area contributed by atoms with E-state index in [1.807, 2.05) is 0 Å². The molecule has 3 aromatic heterocycles. The van der Waals surface area contributed by atoms with Gasteiger partial charge in [-0.25, -0.2) is 0 Å². The highest BCUT2D eigenvalue weighted by Gasteiger charge is 2.46. The number of para-hydroxylation sites is 3. The number of aromatic nitrogens is 2. The van der Waals surface area contributed by atoms with E-state index in [2.05, 4.69) is 127 Å². The van der Waals surface area contributed by atoms with Crippen LogP contribution in [0.15, 0.2) is 101 Å². The van der Waals surface area contributed by atoms with Gasteiger partial charge in [0.1, 0.15) is 5.58 Å². The van der Waals surface area contributed by atoms with Crippen molar-refractivity contribution in [2.45, 2.75) is 26.2 Å². The minimum atomic E-state index is -0.0847. The second kappa shape index (κ2) is 6.74. The van der Waals surface area contributed by atoms with Crippen LogP contribution in [0, 0.1) is 6.92 Å². The highest BCUT2D eigenvalue weighted by atomic mass is 16.3. The molecule has 0 saturated heterocycles. The molecule has 0 bridgehead atoms. The molecule has 1 aliphatic carbocycles. The lowest BCUT2D eigenvalue weighted by molar-refractivity contribution is 0.666. The third-order valence-corrected chi connectivity index (χ3v) is 10.5. The van der Waals surface area contributed by atoms with Crippen molar-refractivity contribution in [3.63, 3.8) is 0 Å². The molecule has 0 unspecified atom stereocenters. The van der Waals surface area contributed by atoms with Crippen molar-refractivity contribution in [1.82, 2.24) is 9.05 Å². The molecule has 8 aromatic rings. The Kier molecular flexibility index (Phi) is 3.49. The molecule has 2 aliphatic heterocycles. The first-order valence-corrected chi connectivity index (χ1v) is 14.9. The van der Waals surface area contributed by atoms with Gasteiger partial charge in [-0.15, -0.1) is 0 Å². The first kappa shape index (κ1) is 21.7. The standard InChI is InChI=1S/C38H25BN2O/c1-20-18-26-21-12-8-14-25-33(21)41(36-23-11-5-7-17-30(23)42-37(25)36)39-28-16-9-13-24-31-35(40(34(24)28)29(19-20)32(26)39)22-10-4-6-15-27(22)38(31,2)3/h4-19H,1-3H3. The predicted molar refractivity (Wildman–Crippen MR) is 174 cm³/mol. The van der Waals surface area contributed by atoms with Crippen molar-refractivity contribution < 1.29 is 4.42 Å². The molecular formula is C38H25BN2O. The topological polar surface area (TPSA) is 23.0 Å². The summed E-state index contributed by atoms with van der Waals surface area (Å²) >= 11 is 0. The van der Waals surface area contributed by atoms with E-state index < -0.39 is 0 Å². The van der Waals surface area contributed by atoms with Crippen LogP contribution >= 0.6 is 0 Å². The predicted octanol–water partition coefficient (Wildman–Crippen LogP) is 8.05. The Bertz CT molecular complexity index is 2570. The van der Waals surface area contributed by atoms with Gasteiger partial charge in [-0.05, 0) is 64.4 Å². The number of hydrogen-bond donors (Lipinski definition) is 0. The van der Waals surface area contributed by atoms with E-state index in [-0.39, 0.29) is 12.3 Å². The zero-order valence-electron chi connectivity index (χ0n) is 23.6. The van der Waals surface area contributed by atoms with Gasteiger partial charge >= 0.3 is 6.85 Å². The molecule has 4 heteroatoms. The molecule has 0 spiro atoms. The van der Waals surface area contributed by atoms with Crippen LogP contribution in [0.3, 0.4) is 0 Å².